The SMILES string of the molecule is CCCN(CC1CCN(C(=O)c2ccc[nH]2)CC1)[C@@H]1CCc2c(O)cccc2C1. The molecule has 2 N–H and O–H groups in total. The van der Waals surface area contributed by atoms with Gasteiger partial charge >= 0.3 is 0 Å². The minimum absolute atomic E-state index is 0.127. The van der Waals surface area contributed by atoms with Crippen LogP contribution in [0.3, 0.4) is 0 Å². The van der Waals surface area contributed by atoms with Crippen molar-refractivity contribution in [1.82, 2.24) is 14.8 Å². The number of H-pyrrole nitrogens is 1. The average molecular weight is 396 g/mol. The van der Waals surface area contributed by atoms with Crippen molar-refractivity contribution in [3.05, 3.63) is 53.3 Å². The minimum Gasteiger partial charge on any atom is -0.508 e. The van der Waals surface area contributed by atoms with Crippen molar-refractivity contribution >= 4 is 5.91 Å². The summed E-state index contributed by atoms with van der Waals surface area (Å²) >= 11 is 0. The number of fused-ring (bicyclic) bond motifs is 1. The van der Waals surface area contributed by atoms with Crippen molar-refractivity contribution in [1.29, 1.82) is 0 Å². The second-order valence-electron chi connectivity index (χ2n) is 8.63. The Balaban J connectivity index is 1.34. The summed E-state index contributed by atoms with van der Waals surface area (Å²) in [7, 11) is 0. The first kappa shape index (κ1) is 20.0. The van der Waals surface area contributed by atoms with Gasteiger partial charge in [-0.2, -0.15) is 0 Å². The first-order valence-corrected chi connectivity index (χ1v) is 11.1. The van der Waals surface area contributed by atoms with Crippen molar-refractivity contribution in [2.45, 2.75) is 51.5 Å². The smallest absolute Gasteiger partial charge is 0.270 e. The number of piperidine rings is 1. The molecular weight excluding hydrogens is 362 g/mol. The van der Waals surface area contributed by atoms with Gasteiger partial charge < -0.3 is 15.0 Å². The maximum absolute atomic E-state index is 12.5. The number of aromatic amines is 1. The lowest BCUT2D eigenvalue weighted by molar-refractivity contribution is 0.0637. The third kappa shape index (κ3) is 4.50. The van der Waals surface area contributed by atoms with Crippen LogP contribution in [0.2, 0.25) is 0 Å². The molecular formula is C24H33N3O2. The van der Waals surface area contributed by atoms with Crippen LogP contribution in [0.1, 0.15) is 54.2 Å². The molecule has 1 atom stereocenters. The lowest BCUT2D eigenvalue weighted by atomic mass is 9.86. The monoisotopic (exact) mass is 395 g/mol. The van der Waals surface area contributed by atoms with Gasteiger partial charge in [0.1, 0.15) is 11.4 Å². The predicted octanol–water partition coefficient (Wildman–Crippen LogP) is 3.84. The van der Waals surface area contributed by atoms with E-state index in [9.17, 15) is 9.90 Å². The fourth-order valence-electron chi connectivity index (χ4n) is 5.07. The lowest BCUT2D eigenvalue weighted by Crippen LogP contribution is -2.46. The van der Waals surface area contributed by atoms with Crippen LogP contribution in [0.5, 0.6) is 5.75 Å². The maximum Gasteiger partial charge on any atom is 0.270 e. The molecule has 1 aromatic heterocycles. The topological polar surface area (TPSA) is 59.6 Å². The maximum atomic E-state index is 12.5. The molecule has 4 rings (SSSR count). The predicted molar refractivity (Wildman–Crippen MR) is 115 cm³/mol. The summed E-state index contributed by atoms with van der Waals surface area (Å²) in [5.41, 5.74) is 3.16. The molecule has 1 fully saturated rings. The second-order valence-corrected chi connectivity index (χ2v) is 8.63. The van der Waals surface area contributed by atoms with E-state index in [-0.39, 0.29) is 5.91 Å². The third-order valence-corrected chi connectivity index (χ3v) is 6.68. The van der Waals surface area contributed by atoms with Crippen molar-refractivity contribution < 1.29 is 9.90 Å². The number of nitrogens with one attached hydrogen (secondary N) is 1. The molecule has 5 nitrogen and oxygen atoms in total. The molecule has 5 heteroatoms. The molecule has 1 aliphatic carbocycles. The summed E-state index contributed by atoms with van der Waals surface area (Å²) in [6.07, 6.45) is 8.25. The van der Waals surface area contributed by atoms with Crippen molar-refractivity contribution in [2.75, 3.05) is 26.2 Å². The first-order chi connectivity index (χ1) is 14.2. The van der Waals surface area contributed by atoms with E-state index >= 15 is 0 Å². The number of aromatic hydroxyl groups is 1. The van der Waals surface area contributed by atoms with Gasteiger partial charge in [0.2, 0.25) is 0 Å². The Bertz CT molecular complexity index is 810. The molecule has 1 saturated heterocycles. The van der Waals surface area contributed by atoms with Crippen LogP contribution in [0.25, 0.3) is 0 Å². The number of nitrogens with zero attached hydrogens (tertiary/aromatic N) is 2. The molecule has 156 valence electrons. The molecule has 0 saturated carbocycles. The normalized spacial score (nSPS) is 20.1. The van der Waals surface area contributed by atoms with Crippen molar-refractivity contribution in [3.63, 3.8) is 0 Å². The summed E-state index contributed by atoms with van der Waals surface area (Å²) < 4.78 is 0. The number of aromatic nitrogens is 1. The summed E-state index contributed by atoms with van der Waals surface area (Å²) in [5.74, 6) is 1.24. The van der Waals surface area contributed by atoms with Gasteiger partial charge in [-0.25, -0.2) is 0 Å². The Kier molecular flexibility index (Phi) is 6.24. The number of benzene rings is 1. The number of carbonyl (C=O) groups is 1. The van der Waals surface area contributed by atoms with Crippen LogP contribution < -0.4 is 0 Å². The van der Waals surface area contributed by atoms with Crippen molar-refractivity contribution in [2.24, 2.45) is 5.92 Å². The fourth-order valence-corrected chi connectivity index (χ4v) is 5.07. The highest BCUT2D eigenvalue weighted by Crippen LogP contribution is 2.31. The van der Waals surface area contributed by atoms with Crippen LogP contribution in [0.4, 0.5) is 0 Å². The van der Waals surface area contributed by atoms with Crippen LogP contribution >= 0.6 is 0 Å². The molecule has 2 aliphatic rings. The molecule has 1 aliphatic heterocycles. The molecule has 1 aromatic carbocycles. The van der Waals surface area contributed by atoms with E-state index < -0.39 is 0 Å². The summed E-state index contributed by atoms with van der Waals surface area (Å²) in [5, 5.41) is 10.1. The lowest BCUT2D eigenvalue weighted by Gasteiger charge is -2.39. The Labute approximate surface area is 173 Å². The Morgan fingerprint density at radius 3 is 2.76 bits per heavy atom. The number of rotatable bonds is 6. The number of likely N-dealkylation sites (tertiary alicyclic amines) is 1. The van der Waals surface area contributed by atoms with Gasteiger partial charge in [0, 0.05) is 31.9 Å². The number of carbonyl (C=O) groups excluding carboxylic acids is 1. The van der Waals surface area contributed by atoms with E-state index in [1.165, 1.54) is 5.56 Å². The van der Waals surface area contributed by atoms with Crippen LogP contribution in [0.15, 0.2) is 36.5 Å². The van der Waals surface area contributed by atoms with Gasteiger partial charge in [0.15, 0.2) is 0 Å². The Hall–Kier alpha value is -2.27. The molecule has 0 unspecified atom stereocenters. The number of hydrogen-bond donors (Lipinski definition) is 2. The van der Waals surface area contributed by atoms with Gasteiger partial charge in [0.05, 0.1) is 0 Å². The zero-order valence-corrected chi connectivity index (χ0v) is 17.4. The zero-order valence-electron chi connectivity index (χ0n) is 17.4. The van der Waals surface area contributed by atoms with E-state index in [2.05, 4.69) is 22.9 Å². The first-order valence-electron chi connectivity index (χ1n) is 11.1. The average Bonchev–Trinajstić information content (AvgIpc) is 3.28. The van der Waals surface area contributed by atoms with Gasteiger partial charge in [0.25, 0.3) is 5.91 Å². The number of hydrogen-bond acceptors (Lipinski definition) is 3. The van der Waals surface area contributed by atoms with E-state index in [1.807, 2.05) is 35.4 Å². The number of phenols is 1. The fraction of sp³-hybridized carbons (Fsp3) is 0.542. The number of amides is 1. The highest BCUT2D eigenvalue weighted by atomic mass is 16.3. The molecule has 1 amide bonds. The molecule has 29 heavy (non-hydrogen) atoms. The van der Waals surface area contributed by atoms with E-state index in [1.54, 1.807) is 0 Å². The summed E-state index contributed by atoms with van der Waals surface area (Å²) in [6, 6.07) is 10.3. The Morgan fingerprint density at radius 2 is 2.03 bits per heavy atom. The standard InChI is InChI=1S/C24H33N3O2/c1-2-13-27(20-8-9-21-19(16-20)5-3-7-23(21)28)17-18-10-14-26(15-11-18)24(29)22-6-4-12-25-22/h3-7,12,18,20,25,28H,2,8-11,13-17H2,1H3/t20-/m1/s1. The molecule has 2 aromatic rings. The van der Waals surface area contributed by atoms with Crippen LogP contribution in [-0.4, -0.2) is 58.0 Å². The van der Waals surface area contributed by atoms with Gasteiger partial charge in [-0.1, -0.05) is 19.1 Å². The highest BCUT2D eigenvalue weighted by Gasteiger charge is 2.29. The largest absolute Gasteiger partial charge is 0.508 e. The van der Waals surface area contributed by atoms with Gasteiger partial charge in [-0.3, -0.25) is 9.69 Å². The third-order valence-electron chi connectivity index (χ3n) is 6.68. The molecule has 0 bridgehead atoms. The summed E-state index contributed by atoms with van der Waals surface area (Å²) in [4.78, 5) is 20.3. The van der Waals surface area contributed by atoms with E-state index in [0.717, 1.165) is 70.3 Å². The van der Waals surface area contributed by atoms with Gasteiger partial charge in [-0.15, -0.1) is 0 Å². The van der Waals surface area contributed by atoms with E-state index in [0.29, 0.717) is 23.4 Å². The zero-order chi connectivity index (χ0) is 20.2. The van der Waals surface area contributed by atoms with Gasteiger partial charge in [-0.05, 0) is 80.3 Å². The van der Waals surface area contributed by atoms with Crippen LogP contribution in [0, 0.1) is 5.92 Å². The van der Waals surface area contributed by atoms with Crippen molar-refractivity contribution in [3.8, 4) is 5.75 Å². The minimum atomic E-state index is 0.127. The highest BCUT2D eigenvalue weighted by molar-refractivity contribution is 5.92. The summed E-state index contributed by atoms with van der Waals surface area (Å²) in [6.45, 7) is 6.21. The van der Waals surface area contributed by atoms with Crippen LogP contribution in [-0.2, 0) is 12.8 Å². The molecule has 0 radical (unpaired) electrons. The Morgan fingerprint density at radius 1 is 1.21 bits per heavy atom. The molecule has 0 spiro atoms. The quantitative estimate of drug-likeness (QED) is 0.781. The number of phenolic OH excluding ortho intramolecular Hbond substituents is 1. The van der Waals surface area contributed by atoms with E-state index in [4.69, 9.17) is 0 Å². The second kappa shape index (κ2) is 9.04. The molecule has 2 heterocycles.